The van der Waals surface area contributed by atoms with E-state index in [2.05, 4.69) is 10.6 Å². The molecular weight excluding hydrogens is 358 g/mol. The zero-order chi connectivity index (χ0) is 20.5. The minimum absolute atomic E-state index is 0.140. The summed E-state index contributed by atoms with van der Waals surface area (Å²) in [6, 6.07) is 15.5. The van der Waals surface area contributed by atoms with Gasteiger partial charge in [-0.15, -0.1) is 0 Å². The molecule has 2 aromatic rings. The van der Waals surface area contributed by atoms with E-state index in [-0.39, 0.29) is 5.92 Å². The monoisotopic (exact) mass is 383 g/mol. The summed E-state index contributed by atoms with van der Waals surface area (Å²) in [5, 5.41) is 5.01. The van der Waals surface area contributed by atoms with Crippen LogP contribution in [0.25, 0.3) is 11.1 Å². The molecule has 148 valence electrons. The SMILES string of the molecule is CC(C)C[C@@H](NC(N)=O)C(=O)OCC(=O)Nc1ccc(-c2ccccc2)cc1. The lowest BCUT2D eigenvalue weighted by molar-refractivity contribution is -0.149. The summed E-state index contributed by atoms with van der Waals surface area (Å²) in [7, 11) is 0. The molecule has 0 aliphatic heterocycles. The Kier molecular flexibility index (Phi) is 7.56. The number of nitrogens with one attached hydrogen (secondary N) is 2. The Hall–Kier alpha value is -3.35. The number of nitrogens with two attached hydrogens (primary N) is 1. The van der Waals surface area contributed by atoms with E-state index in [1.165, 1.54) is 0 Å². The first-order valence-corrected chi connectivity index (χ1v) is 9.03. The number of carbonyl (C=O) groups excluding carboxylic acids is 3. The minimum atomic E-state index is -0.879. The fourth-order valence-corrected chi connectivity index (χ4v) is 2.67. The average molecular weight is 383 g/mol. The topological polar surface area (TPSA) is 111 Å². The van der Waals surface area contributed by atoms with Crippen LogP contribution in [0.3, 0.4) is 0 Å². The van der Waals surface area contributed by atoms with E-state index < -0.39 is 30.6 Å². The molecule has 0 aliphatic carbocycles. The number of carbonyl (C=O) groups is 3. The third-order valence-corrected chi connectivity index (χ3v) is 3.93. The number of hydrogen-bond donors (Lipinski definition) is 3. The number of hydrogen-bond acceptors (Lipinski definition) is 4. The molecule has 7 heteroatoms. The van der Waals surface area contributed by atoms with Gasteiger partial charge < -0.3 is 21.1 Å². The van der Waals surface area contributed by atoms with Gasteiger partial charge in [0, 0.05) is 5.69 Å². The van der Waals surface area contributed by atoms with Crippen LogP contribution in [-0.4, -0.2) is 30.6 Å². The van der Waals surface area contributed by atoms with Crippen LogP contribution in [0.2, 0.25) is 0 Å². The average Bonchev–Trinajstić information content (AvgIpc) is 2.66. The molecule has 7 nitrogen and oxygen atoms in total. The third kappa shape index (κ3) is 6.75. The van der Waals surface area contributed by atoms with Crippen molar-refractivity contribution in [3.8, 4) is 11.1 Å². The first-order chi connectivity index (χ1) is 13.3. The molecular formula is C21H25N3O4. The maximum absolute atomic E-state index is 12.1. The quantitative estimate of drug-likeness (QED) is 0.609. The molecule has 1 atom stereocenters. The highest BCUT2D eigenvalue weighted by molar-refractivity contribution is 5.93. The molecule has 28 heavy (non-hydrogen) atoms. The summed E-state index contributed by atoms with van der Waals surface area (Å²) in [4.78, 5) is 35.2. The fourth-order valence-electron chi connectivity index (χ4n) is 2.67. The van der Waals surface area contributed by atoms with Gasteiger partial charge in [-0.05, 0) is 35.6 Å². The van der Waals surface area contributed by atoms with E-state index in [1.807, 2.05) is 56.3 Å². The van der Waals surface area contributed by atoms with Crippen molar-refractivity contribution in [1.29, 1.82) is 0 Å². The Morgan fingerprint density at radius 1 is 0.964 bits per heavy atom. The Balaban J connectivity index is 1.87. The first kappa shape index (κ1) is 21.0. The summed E-state index contributed by atoms with van der Waals surface area (Å²) >= 11 is 0. The van der Waals surface area contributed by atoms with E-state index in [1.54, 1.807) is 12.1 Å². The number of anilines is 1. The molecule has 0 bridgehead atoms. The van der Waals surface area contributed by atoms with E-state index >= 15 is 0 Å². The molecule has 0 heterocycles. The van der Waals surface area contributed by atoms with Gasteiger partial charge in [0.2, 0.25) is 0 Å². The minimum Gasteiger partial charge on any atom is -0.454 e. The molecule has 0 saturated heterocycles. The number of urea groups is 1. The van der Waals surface area contributed by atoms with Crippen LogP contribution in [0.15, 0.2) is 54.6 Å². The van der Waals surface area contributed by atoms with Crippen LogP contribution < -0.4 is 16.4 Å². The van der Waals surface area contributed by atoms with Crippen LogP contribution in [0.5, 0.6) is 0 Å². The number of benzene rings is 2. The highest BCUT2D eigenvalue weighted by Crippen LogP contribution is 2.20. The summed E-state index contributed by atoms with van der Waals surface area (Å²) in [5.41, 5.74) is 7.78. The normalized spacial score (nSPS) is 11.5. The molecule has 0 fully saturated rings. The zero-order valence-corrected chi connectivity index (χ0v) is 16.0. The van der Waals surface area contributed by atoms with Crippen molar-refractivity contribution in [1.82, 2.24) is 5.32 Å². The molecule has 0 aromatic heterocycles. The third-order valence-electron chi connectivity index (χ3n) is 3.93. The molecule has 2 rings (SSSR count). The lowest BCUT2D eigenvalue weighted by atomic mass is 10.0. The van der Waals surface area contributed by atoms with Crippen LogP contribution in [0, 0.1) is 5.92 Å². The first-order valence-electron chi connectivity index (χ1n) is 9.03. The number of amides is 3. The number of esters is 1. The smallest absolute Gasteiger partial charge is 0.329 e. The van der Waals surface area contributed by atoms with Crippen molar-refractivity contribution in [3.63, 3.8) is 0 Å². The standard InChI is InChI=1S/C21H25N3O4/c1-14(2)12-18(24-21(22)27)20(26)28-13-19(25)23-17-10-8-16(9-11-17)15-6-4-3-5-7-15/h3-11,14,18H,12-13H2,1-2H3,(H,23,25)(H3,22,24,27)/t18-/m1/s1. The van der Waals surface area contributed by atoms with E-state index in [0.29, 0.717) is 12.1 Å². The Labute approximate surface area is 164 Å². The summed E-state index contributed by atoms with van der Waals surface area (Å²) in [6.45, 7) is 3.35. The fraction of sp³-hybridized carbons (Fsp3) is 0.286. The van der Waals surface area contributed by atoms with Crippen molar-refractivity contribution < 1.29 is 19.1 Å². The maximum Gasteiger partial charge on any atom is 0.329 e. The van der Waals surface area contributed by atoms with Crippen molar-refractivity contribution >= 4 is 23.6 Å². The molecule has 2 aromatic carbocycles. The number of primary amides is 1. The maximum atomic E-state index is 12.1. The second kappa shape index (κ2) is 10.1. The Morgan fingerprint density at radius 2 is 1.57 bits per heavy atom. The second-order valence-electron chi connectivity index (χ2n) is 6.79. The molecule has 4 N–H and O–H groups in total. The van der Waals surface area contributed by atoms with Gasteiger partial charge in [-0.2, -0.15) is 0 Å². The lowest BCUT2D eigenvalue weighted by Crippen LogP contribution is -2.45. The van der Waals surface area contributed by atoms with Crippen LogP contribution in [-0.2, 0) is 14.3 Å². The van der Waals surface area contributed by atoms with Crippen molar-refractivity contribution in [3.05, 3.63) is 54.6 Å². The highest BCUT2D eigenvalue weighted by atomic mass is 16.5. The lowest BCUT2D eigenvalue weighted by Gasteiger charge is -2.18. The molecule has 0 spiro atoms. The Bertz CT molecular complexity index is 804. The zero-order valence-electron chi connectivity index (χ0n) is 16.0. The van der Waals surface area contributed by atoms with Crippen molar-refractivity contribution in [2.24, 2.45) is 11.7 Å². The number of ether oxygens (including phenoxy) is 1. The van der Waals surface area contributed by atoms with Crippen LogP contribution in [0.4, 0.5) is 10.5 Å². The number of rotatable bonds is 8. The van der Waals surface area contributed by atoms with Crippen molar-refractivity contribution in [2.45, 2.75) is 26.3 Å². The van der Waals surface area contributed by atoms with Gasteiger partial charge in [0.25, 0.3) is 5.91 Å². The highest BCUT2D eigenvalue weighted by Gasteiger charge is 2.23. The van der Waals surface area contributed by atoms with E-state index in [9.17, 15) is 14.4 Å². The molecule has 3 amide bonds. The predicted molar refractivity (Wildman–Crippen MR) is 107 cm³/mol. The summed E-state index contributed by atoms with van der Waals surface area (Å²) in [6.07, 6.45) is 0.365. The molecule has 0 saturated carbocycles. The van der Waals surface area contributed by atoms with E-state index in [4.69, 9.17) is 10.5 Å². The van der Waals surface area contributed by atoms with Crippen LogP contribution >= 0.6 is 0 Å². The van der Waals surface area contributed by atoms with Gasteiger partial charge in [-0.1, -0.05) is 56.3 Å². The predicted octanol–water partition coefficient (Wildman–Crippen LogP) is 2.92. The summed E-state index contributed by atoms with van der Waals surface area (Å²) < 4.78 is 5.01. The molecule has 0 radical (unpaired) electrons. The van der Waals surface area contributed by atoms with Crippen LogP contribution in [0.1, 0.15) is 20.3 Å². The second-order valence-corrected chi connectivity index (χ2v) is 6.79. The van der Waals surface area contributed by atoms with Gasteiger partial charge in [0.1, 0.15) is 6.04 Å². The van der Waals surface area contributed by atoms with Gasteiger partial charge in [0.15, 0.2) is 6.61 Å². The van der Waals surface area contributed by atoms with Crippen molar-refractivity contribution in [2.75, 3.05) is 11.9 Å². The summed E-state index contributed by atoms with van der Waals surface area (Å²) in [5.74, 6) is -1.02. The molecule has 0 unspecified atom stereocenters. The van der Waals surface area contributed by atoms with Gasteiger partial charge in [0.05, 0.1) is 0 Å². The van der Waals surface area contributed by atoms with Gasteiger partial charge >= 0.3 is 12.0 Å². The molecule has 0 aliphatic rings. The van der Waals surface area contributed by atoms with Gasteiger partial charge in [-0.3, -0.25) is 4.79 Å². The van der Waals surface area contributed by atoms with E-state index in [0.717, 1.165) is 11.1 Å². The Morgan fingerprint density at radius 3 is 2.14 bits per heavy atom. The van der Waals surface area contributed by atoms with Gasteiger partial charge in [-0.25, -0.2) is 9.59 Å². The largest absolute Gasteiger partial charge is 0.454 e.